The van der Waals surface area contributed by atoms with Crippen LogP contribution >= 0.6 is 0 Å². The quantitative estimate of drug-likeness (QED) is 0.755. The van der Waals surface area contributed by atoms with E-state index in [-0.39, 0.29) is 18.4 Å². The molecule has 0 saturated carbocycles. The third-order valence-electron chi connectivity index (χ3n) is 4.69. The first-order chi connectivity index (χ1) is 12.6. The number of carbonyl (C=O) groups excluding carboxylic acids is 2. The average molecular weight is 356 g/mol. The van der Waals surface area contributed by atoms with E-state index in [0.29, 0.717) is 13.1 Å². The van der Waals surface area contributed by atoms with Crippen molar-refractivity contribution >= 4 is 11.8 Å². The fourth-order valence-corrected chi connectivity index (χ4v) is 3.19. The van der Waals surface area contributed by atoms with Gasteiger partial charge in [-0.2, -0.15) is 0 Å². The SMILES string of the molecule is COc1ccc(CN2CC(=O)N(CCCn3ccnc3)[C@@H](C)C2=O)cc1. The summed E-state index contributed by atoms with van der Waals surface area (Å²) in [6, 6.07) is 7.11. The van der Waals surface area contributed by atoms with Crippen molar-refractivity contribution in [3.05, 3.63) is 48.5 Å². The number of amides is 2. The molecular weight excluding hydrogens is 332 g/mol. The Bertz CT molecular complexity index is 743. The number of aromatic nitrogens is 2. The van der Waals surface area contributed by atoms with Gasteiger partial charge < -0.3 is 19.1 Å². The van der Waals surface area contributed by atoms with Crippen molar-refractivity contribution in [2.45, 2.75) is 32.5 Å². The lowest BCUT2D eigenvalue weighted by Gasteiger charge is -2.38. The molecule has 1 fully saturated rings. The predicted octanol–water partition coefficient (Wildman–Crippen LogP) is 1.54. The fraction of sp³-hybridized carbons (Fsp3) is 0.421. The molecule has 0 N–H and O–H groups in total. The van der Waals surface area contributed by atoms with Crippen LogP contribution in [0.1, 0.15) is 18.9 Å². The maximum atomic E-state index is 12.7. The monoisotopic (exact) mass is 356 g/mol. The normalized spacial score (nSPS) is 17.7. The summed E-state index contributed by atoms with van der Waals surface area (Å²) < 4.78 is 7.11. The van der Waals surface area contributed by atoms with Crippen LogP contribution in [0.3, 0.4) is 0 Å². The summed E-state index contributed by atoms with van der Waals surface area (Å²) in [5.74, 6) is 0.756. The minimum Gasteiger partial charge on any atom is -0.497 e. The molecule has 0 unspecified atom stereocenters. The van der Waals surface area contributed by atoms with E-state index in [1.54, 1.807) is 36.4 Å². The van der Waals surface area contributed by atoms with Crippen molar-refractivity contribution < 1.29 is 14.3 Å². The van der Waals surface area contributed by atoms with E-state index in [4.69, 9.17) is 4.74 Å². The number of methoxy groups -OCH3 is 1. The molecule has 2 heterocycles. The van der Waals surface area contributed by atoms with Gasteiger partial charge in [0.25, 0.3) is 0 Å². The first-order valence-corrected chi connectivity index (χ1v) is 8.75. The molecule has 1 aliphatic rings. The number of rotatable bonds is 7. The fourth-order valence-electron chi connectivity index (χ4n) is 3.19. The summed E-state index contributed by atoms with van der Waals surface area (Å²) in [7, 11) is 1.62. The van der Waals surface area contributed by atoms with Gasteiger partial charge in [0.15, 0.2) is 0 Å². The summed E-state index contributed by atoms with van der Waals surface area (Å²) in [6.45, 7) is 3.71. The van der Waals surface area contributed by atoms with E-state index in [0.717, 1.165) is 24.3 Å². The van der Waals surface area contributed by atoms with E-state index in [1.807, 2.05) is 35.0 Å². The molecule has 0 bridgehead atoms. The molecule has 7 heteroatoms. The summed E-state index contributed by atoms with van der Waals surface area (Å²) in [5, 5.41) is 0. The topological polar surface area (TPSA) is 67.7 Å². The van der Waals surface area contributed by atoms with Gasteiger partial charge in [0, 0.05) is 32.0 Å². The number of ether oxygens (including phenoxy) is 1. The first kappa shape index (κ1) is 18.0. The number of imidazole rings is 1. The largest absolute Gasteiger partial charge is 0.497 e. The Morgan fingerprint density at radius 3 is 2.62 bits per heavy atom. The van der Waals surface area contributed by atoms with Crippen LogP contribution in [-0.4, -0.2) is 57.4 Å². The second kappa shape index (κ2) is 8.03. The lowest BCUT2D eigenvalue weighted by Crippen LogP contribution is -2.58. The van der Waals surface area contributed by atoms with Crippen molar-refractivity contribution in [3.8, 4) is 5.75 Å². The van der Waals surface area contributed by atoms with E-state index < -0.39 is 6.04 Å². The molecule has 0 spiro atoms. The molecule has 138 valence electrons. The second-order valence-electron chi connectivity index (χ2n) is 6.46. The summed E-state index contributed by atoms with van der Waals surface area (Å²) in [5.41, 5.74) is 0.979. The zero-order chi connectivity index (χ0) is 18.5. The molecule has 1 aromatic heterocycles. The maximum absolute atomic E-state index is 12.7. The number of piperazine rings is 1. The number of carbonyl (C=O) groups is 2. The van der Waals surface area contributed by atoms with Crippen molar-refractivity contribution in [1.82, 2.24) is 19.4 Å². The lowest BCUT2D eigenvalue weighted by atomic mass is 10.1. The summed E-state index contributed by atoms with van der Waals surface area (Å²) in [4.78, 5) is 32.5. The summed E-state index contributed by atoms with van der Waals surface area (Å²) >= 11 is 0. The third kappa shape index (κ3) is 4.04. The van der Waals surface area contributed by atoms with Gasteiger partial charge in [0.05, 0.1) is 13.4 Å². The van der Waals surface area contributed by atoms with Crippen molar-refractivity contribution in [2.75, 3.05) is 20.2 Å². The van der Waals surface area contributed by atoms with Crippen molar-refractivity contribution in [3.63, 3.8) is 0 Å². The Hall–Kier alpha value is -2.83. The van der Waals surface area contributed by atoms with E-state index in [2.05, 4.69) is 4.98 Å². The number of hydrogen-bond donors (Lipinski definition) is 0. The molecule has 1 atom stereocenters. The Morgan fingerprint density at radius 1 is 1.19 bits per heavy atom. The van der Waals surface area contributed by atoms with Crippen LogP contribution in [0.2, 0.25) is 0 Å². The zero-order valence-corrected chi connectivity index (χ0v) is 15.2. The van der Waals surface area contributed by atoms with Gasteiger partial charge in [-0.3, -0.25) is 9.59 Å². The molecule has 1 aliphatic heterocycles. The van der Waals surface area contributed by atoms with Crippen LogP contribution in [-0.2, 0) is 22.7 Å². The van der Waals surface area contributed by atoms with E-state index in [9.17, 15) is 9.59 Å². The van der Waals surface area contributed by atoms with Gasteiger partial charge in [-0.1, -0.05) is 12.1 Å². The van der Waals surface area contributed by atoms with Gasteiger partial charge in [-0.15, -0.1) is 0 Å². The average Bonchev–Trinajstić information content (AvgIpc) is 3.16. The van der Waals surface area contributed by atoms with Gasteiger partial charge >= 0.3 is 0 Å². The van der Waals surface area contributed by atoms with Crippen LogP contribution in [0.5, 0.6) is 5.75 Å². The van der Waals surface area contributed by atoms with Gasteiger partial charge in [0.2, 0.25) is 11.8 Å². The highest BCUT2D eigenvalue weighted by Crippen LogP contribution is 2.18. The van der Waals surface area contributed by atoms with E-state index in [1.165, 1.54) is 0 Å². The van der Waals surface area contributed by atoms with Crippen LogP contribution in [0.15, 0.2) is 43.0 Å². The molecule has 1 saturated heterocycles. The Labute approximate surface area is 153 Å². The molecule has 26 heavy (non-hydrogen) atoms. The zero-order valence-electron chi connectivity index (χ0n) is 15.2. The Balaban J connectivity index is 1.57. The number of hydrogen-bond acceptors (Lipinski definition) is 4. The maximum Gasteiger partial charge on any atom is 0.245 e. The standard InChI is InChI=1S/C19H24N4O3/c1-15-19(25)22(12-16-4-6-17(26-2)7-5-16)13-18(24)23(15)10-3-9-21-11-8-20-14-21/h4-8,11,14-15H,3,9-10,12-13H2,1-2H3/t15-/m0/s1. The minimum absolute atomic E-state index is 0.00348. The molecule has 3 rings (SSSR count). The second-order valence-corrected chi connectivity index (χ2v) is 6.46. The molecule has 0 aliphatic carbocycles. The van der Waals surface area contributed by atoms with Gasteiger partial charge in [0.1, 0.15) is 18.3 Å². The van der Waals surface area contributed by atoms with Gasteiger partial charge in [-0.05, 0) is 31.0 Å². The van der Waals surface area contributed by atoms with Crippen LogP contribution in [0, 0.1) is 0 Å². The molecule has 2 amide bonds. The smallest absolute Gasteiger partial charge is 0.245 e. The van der Waals surface area contributed by atoms with Crippen LogP contribution in [0.25, 0.3) is 0 Å². The highest BCUT2D eigenvalue weighted by molar-refractivity contribution is 5.94. The Kier molecular flexibility index (Phi) is 5.55. The predicted molar refractivity (Wildman–Crippen MR) is 96.4 cm³/mol. The van der Waals surface area contributed by atoms with E-state index >= 15 is 0 Å². The Morgan fingerprint density at radius 2 is 1.96 bits per heavy atom. The van der Waals surface area contributed by atoms with Crippen molar-refractivity contribution in [2.24, 2.45) is 0 Å². The molecule has 2 aromatic rings. The highest BCUT2D eigenvalue weighted by Gasteiger charge is 2.35. The molecule has 7 nitrogen and oxygen atoms in total. The highest BCUT2D eigenvalue weighted by atomic mass is 16.5. The van der Waals surface area contributed by atoms with Crippen LogP contribution < -0.4 is 4.74 Å². The number of aryl methyl sites for hydroxylation is 1. The number of nitrogens with zero attached hydrogens (tertiary/aromatic N) is 4. The lowest BCUT2D eigenvalue weighted by molar-refractivity contribution is -0.155. The molecular formula is C19H24N4O3. The van der Waals surface area contributed by atoms with Gasteiger partial charge in [-0.25, -0.2) is 4.98 Å². The minimum atomic E-state index is -0.433. The third-order valence-corrected chi connectivity index (χ3v) is 4.69. The first-order valence-electron chi connectivity index (χ1n) is 8.75. The molecule has 1 aromatic carbocycles. The van der Waals surface area contributed by atoms with Crippen LogP contribution in [0.4, 0.5) is 0 Å². The number of benzene rings is 1. The summed E-state index contributed by atoms with van der Waals surface area (Å²) in [6.07, 6.45) is 6.17. The van der Waals surface area contributed by atoms with Crippen molar-refractivity contribution in [1.29, 1.82) is 0 Å². The molecule has 0 radical (unpaired) electrons.